The van der Waals surface area contributed by atoms with Gasteiger partial charge in [0.25, 0.3) is 0 Å². The van der Waals surface area contributed by atoms with Crippen LogP contribution in [0.25, 0.3) is 0 Å². The van der Waals surface area contributed by atoms with Crippen molar-refractivity contribution in [3.8, 4) is 5.75 Å². The van der Waals surface area contributed by atoms with Crippen molar-refractivity contribution in [2.45, 2.75) is 33.1 Å². The topological polar surface area (TPSA) is 60.4 Å². The summed E-state index contributed by atoms with van der Waals surface area (Å²) in [5.74, 6) is -0.0748. The van der Waals surface area contributed by atoms with Gasteiger partial charge in [0, 0.05) is 41.5 Å². The van der Waals surface area contributed by atoms with E-state index in [-0.39, 0.29) is 24.0 Å². The highest BCUT2D eigenvalue weighted by Gasteiger charge is 2.29. The predicted octanol–water partition coefficient (Wildman–Crippen LogP) is 3.73. The minimum absolute atomic E-state index is 0.00568. The summed E-state index contributed by atoms with van der Waals surface area (Å²) in [4.78, 5) is 36.7. The van der Waals surface area contributed by atoms with Gasteiger partial charge < -0.3 is 4.74 Å². The van der Waals surface area contributed by atoms with E-state index in [2.05, 4.69) is 0 Å². The Kier molecular flexibility index (Phi) is 4.30. The number of rotatable bonds is 4. The van der Waals surface area contributed by atoms with E-state index in [1.54, 1.807) is 50.2 Å². The molecule has 0 radical (unpaired) electrons. The van der Waals surface area contributed by atoms with E-state index in [4.69, 9.17) is 4.74 Å². The monoisotopic (exact) mass is 322 g/mol. The molecule has 0 unspecified atom stereocenters. The van der Waals surface area contributed by atoms with E-state index in [0.717, 1.165) is 5.56 Å². The van der Waals surface area contributed by atoms with Crippen molar-refractivity contribution in [2.24, 2.45) is 0 Å². The van der Waals surface area contributed by atoms with Crippen LogP contribution < -0.4 is 4.74 Å². The molecule has 1 aliphatic rings. The molecule has 0 saturated carbocycles. The Morgan fingerprint density at radius 2 is 1.62 bits per heavy atom. The molecule has 24 heavy (non-hydrogen) atoms. The second kappa shape index (κ2) is 6.40. The first-order chi connectivity index (χ1) is 11.6. The number of carbonyl (C=O) groups excluding carboxylic acids is 3. The molecule has 1 aliphatic carbocycles. The molecule has 0 saturated heterocycles. The van der Waals surface area contributed by atoms with Crippen LogP contribution in [-0.2, 0) is 11.2 Å². The van der Waals surface area contributed by atoms with E-state index < -0.39 is 0 Å². The Labute approximate surface area is 140 Å². The normalized spacial score (nSPS) is 12.3. The van der Waals surface area contributed by atoms with Crippen molar-refractivity contribution in [3.05, 3.63) is 64.2 Å². The second-order valence-electron chi connectivity index (χ2n) is 5.72. The molecule has 2 aromatic carbocycles. The summed E-state index contributed by atoms with van der Waals surface area (Å²) >= 11 is 0. The molecule has 0 amide bonds. The lowest BCUT2D eigenvalue weighted by Gasteiger charge is -2.22. The zero-order valence-corrected chi connectivity index (χ0v) is 13.7. The molecule has 0 N–H and O–H groups in total. The van der Waals surface area contributed by atoms with Gasteiger partial charge in [0.05, 0.1) is 0 Å². The van der Waals surface area contributed by atoms with Crippen LogP contribution in [0.2, 0.25) is 0 Å². The van der Waals surface area contributed by atoms with Gasteiger partial charge in [-0.2, -0.15) is 0 Å². The molecule has 0 spiro atoms. The molecular weight excluding hydrogens is 304 g/mol. The van der Waals surface area contributed by atoms with Gasteiger partial charge in [-0.15, -0.1) is 0 Å². The maximum Gasteiger partial charge on any atom is 0.310 e. The van der Waals surface area contributed by atoms with Gasteiger partial charge in [0.15, 0.2) is 11.6 Å². The number of ketones is 2. The largest absolute Gasteiger partial charge is 0.426 e. The maximum absolute atomic E-state index is 12.8. The average molecular weight is 322 g/mol. The molecular formula is C20H18O4. The molecule has 0 fully saturated rings. The third-order valence-electron chi connectivity index (χ3n) is 4.29. The van der Waals surface area contributed by atoms with Crippen LogP contribution in [0.4, 0.5) is 0 Å². The van der Waals surface area contributed by atoms with E-state index in [9.17, 15) is 14.4 Å². The number of carbonyl (C=O) groups is 3. The number of benzene rings is 2. The Balaban J connectivity index is 2.13. The number of fused-ring (bicyclic) bond motifs is 2. The standard InChI is InChI=1S/C20H18O4/c1-3-17(21)12-7-5-8-13-15(12)11-16-14(20(13)23)9-6-10-18(16)24-19(22)4-2/h5-10H,3-4,11H2,1-2H3. The van der Waals surface area contributed by atoms with E-state index in [1.807, 2.05) is 0 Å². The summed E-state index contributed by atoms with van der Waals surface area (Å²) < 4.78 is 5.38. The summed E-state index contributed by atoms with van der Waals surface area (Å²) in [6, 6.07) is 10.4. The number of ether oxygens (including phenoxy) is 1. The first-order valence-corrected chi connectivity index (χ1v) is 8.09. The Morgan fingerprint density at radius 3 is 2.29 bits per heavy atom. The molecule has 0 atom stereocenters. The van der Waals surface area contributed by atoms with Crippen LogP contribution in [0.3, 0.4) is 0 Å². The molecule has 0 bridgehead atoms. The zero-order chi connectivity index (χ0) is 17.3. The average Bonchev–Trinajstić information content (AvgIpc) is 2.61. The Bertz CT molecular complexity index is 849. The molecule has 0 heterocycles. The molecule has 122 valence electrons. The number of esters is 1. The van der Waals surface area contributed by atoms with Gasteiger partial charge in [-0.05, 0) is 11.6 Å². The first kappa shape index (κ1) is 16.1. The van der Waals surface area contributed by atoms with Gasteiger partial charge in [0.1, 0.15) is 5.75 Å². The van der Waals surface area contributed by atoms with Crippen LogP contribution in [0.1, 0.15) is 64.1 Å². The van der Waals surface area contributed by atoms with Crippen LogP contribution in [0.15, 0.2) is 36.4 Å². The lowest BCUT2D eigenvalue weighted by Crippen LogP contribution is -2.20. The van der Waals surface area contributed by atoms with Crippen LogP contribution in [0.5, 0.6) is 5.75 Å². The Morgan fingerprint density at radius 1 is 0.958 bits per heavy atom. The van der Waals surface area contributed by atoms with Crippen LogP contribution in [-0.4, -0.2) is 17.5 Å². The fourth-order valence-electron chi connectivity index (χ4n) is 3.01. The van der Waals surface area contributed by atoms with Crippen LogP contribution >= 0.6 is 0 Å². The van der Waals surface area contributed by atoms with Crippen molar-refractivity contribution in [1.29, 1.82) is 0 Å². The molecule has 2 aromatic rings. The van der Waals surface area contributed by atoms with Crippen molar-refractivity contribution < 1.29 is 19.1 Å². The minimum atomic E-state index is -0.348. The third kappa shape index (κ3) is 2.64. The maximum atomic E-state index is 12.8. The van der Waals surface area contributed by atoms with Crippen LogP contribution in [0, 0.1) is 0 Å². The summed E-state index contributed by atoms with van der Waals surface area (Å²) in [6.07, 6.45) is 1.04. The zero-order valence-electron chi connectivity index (χ0n) is 13.7. The second-order valence-corrected chi connectivity index (χ2v) is 5.72. The summed E-state index contributed by atoms with van der Waals surface area (Å²) in [5.41, 5.74) is 3.06. The van der Waals surface area contributed by atoms with E-state index in [0.29, 0.717) is 40.8 Å². The number of hydrogen-bond acceptors (Lipinski definition) is 4. The fourth-order valence-corrected chi connectivity index (χ4v) is 3.01. The lowest BCUT2D eigenvalue weighted by molar-refractivity contribution is -0.134. The van der Waals surface area contributed by atoms with Crippen molar-refractivity contribution >= 4 is 17.5 Å². The van der Waals surface area contributed by atoms with Gasteiger partial charge in [-0.25, -0.2) is 0 Å². The summed E-state index contributed by atoms with van der Waals surface area (Å²) in [6.45, 7) is 3.52. The SMILES string of the molecule is CCC(=O)Oc1cccc2c1Cc1c(C(=O)CC)cccc1C2=O. The van der Waals surface area contributed by atoms with Crippen molar-refractivity contribution in [3.63, 3.8) is 0 Å². The van der Waals surface area contributed by atoms with Gasteiger partial charge >= 0.3 is 5.97 Å². The predicted molar refractivity (Wildman–Crippen MR) is 89.7 cm³/mol. The summed E-state index contributed by atoms with van der Waals surface area (Å²) in [7, 11) is 0. The van der Waals surface area contributed by atoms with Crippen molar-refractivity contribution in [1.82, 2.24) is 0 Å². The molecule has 0 aliphatic heterocycles. The third-order valence-corrected chi connectivity index (χ3v) is 4.29. The highest BCUT2D eigenvalue weighted by Crippen LogP contribution is 2.35. The van der Waals surface area contributed by atoms with Gasteiger partial charge in [0.2, 0.25) is 0 Å². The minimum Gasteiger partial charge on any atom is -0.426 e. The highest BCUT2D eigenvalue weighted by atomic mass is 16.5. The first-order valence-electron chi connectivity index (χ1n) is 8.09. The van der Waals surface area contributed by atoms with E-state index >= 15 is 0 Å². The van der Waals surface area contributed by atoms with Gasteiger partial charge in [-0.1, -0.05) is 44.2 Å². The highest BCUT2D eigenvalue weighted by molar-refractivity contribution is 6.14. The molecule has 4 heteroatoms. The fraction of sp³-hybridized carbons (Fsp3) is 0.250. The molecule has 0 aromatic heterocycles. The quantitative estimate of drug-likeness (QED) is 0.417. The Hall–Kier alpha value is -2.75. The lowest BCUT2D eigenvalue weighted by atomic mass is 9.81. The van der Waals surface area contributed by atoms with Gasteiger partial charge in [-0.3, -0.25) is 14.4 Å². The van der Waals surface area contributed by atoms with E-state index in [1.165, 1.54) is 0 Å². The van der Waals surface area contributed by atoms with Crippen molar-refractivity contribution in [2.75, 3.05) is 0 Å². The summed E-state index contributed by atoms with van der Waals surface area (Å²) in [5, 5.41) is 0. The number of Topliss-reactive ketones (excluding diaryl/α,β-unsaturated/α-hetero) is 1. The number of hydrogen-bond donors (Lipinski definition) is 0. The molecule has 3 rings (SSSR count). The molecule has 4 nitrogen and oxygen atoms in total. The smallest absolute Gasteiger partial charge is 0.310 e.